The Morgan fingerprint density at radius 3 is 2.76 bits per heavy atom. The van der Waals surface area contributed by atoms with Crippen molar-refractivity contribution in [1.82, 2.24) is 15.0 Å². The van der Waals surface area contributed by atoms with Crippen LogP contribution in [0.4, 0.5) is 5.82 Å². The van der Waals surface area contributed by atoms with E-state index >= 15 is 0 Å². The Kier molecular flexibility index (Phi) is 6.02. The minimum absolute atomic E-state index is 0.160. The van der Waals surface area contributed by atoms with E-state index in [1.54, 1.807) is 17.7 Å². The SMILES string of the molecule is CCCCCCNc1ncnc2c1sc1nc(CCC)c3c(c12)CC(C)(C)OC3. The van der Waals surface area contributed by atoms with Crippen molar-refractivity contribution in [1.29, 1.82) is 0 Å². The second-order valence-electron chi connectivity index (χ2n) is 8.66. The summed E-state index contributed by atoms with van der Waals surface area (Å²) >= 11 is 1.73. The van der Waals surface area contributed by atoms with Crippen LogP contribution in [0.15, 0.2) is 6.33 Å². The van der Waals surface area contributed by atoms with Gasteiger partial charge in [0.1, 0.15) is 17.0 Å². The van der Waals surface area contributed by atoms with Crippen molar-refractivity contribution >= 4 is 37.6 Å². The second-order valence-corrected chi connectivity index (χ2v) is 9.66. The number of hydrogen-bond acceptors (Lipinski definition) is 6. The number of ether oxygens (including phenoxy) is 1. The first kappa shape index (κ1) is 20.5. The molecule has 0 atom stereocenters. The van der Waals surface area contributed by atoms with E-state index in [0.717, 1.165) is 46.7 Å². The Morgan fingerprint density at radius 2 is 1.97 bits per heavy atom. The van der Waals surface area contributed by atoms with Gasteiger partial charge in [-0.15, -0.1) is 11.3 Å². The third kappa shape index (κ3) is 4.10. The van der Waals surface area contributed by atoms with E-state index in [9.17, 15) is 0 Å². The van der Waals surface area contributed by atoms with E-state index < -0.39 is 0 Å². The van der Waals surface area contributed by atoms with Gasteiger partial charge in [-0.05, 0) is 32.3 Å². The van der Waals surface area contributed by atoms with Gasteiger partial charge in [0.25, 0.3) is 0 Å². The van der Waals surface area contributed by atoms with E-state index in [2.05, 4.69) is 38.0 Å². The number of hydrogen-bond donors (Lipinski definition) is 1. The van der Waals surface area contributed by atoms with Crippen molar-refractivity contribution in [2.24, 2.45) is 0 Å². The fourth-order valence-corrected chi connectivity index (χ4v) is 5.35. The van der Waals surface area contributed by atoms with Crippen LogP contribution in [0.3, 0.4) is 0 Å². The lowest BCUT2D eigenvalue weighted by molar-refractivity contribution is -0.0401. The molecular formula is C23H32N4OS. The maximum atomic E-state index is 6.14. The van der Waals surface area contributed by atoms with Gasteiger partial charge in [-0.3, -0.25) is 0 Å². The molecular weight excluding hydrogens is 380 g/mol. The van der Waals surface area contributed by atoms with Gasteiger partial charge < -0.3 is 10.1 Å². The fraction of sp³-hybridized carbons (Fsp3) is 0.609. The minimum Gasteiger partial charge on any atom is -0.370 e. The van der Waals surface area contributed by atoms with Gasteiger partial charge in [-0.25, -0.2) is 15.0 Å². The molecule has 4 rings (SSSR count). The lowest BCUT2D eigenvalue weighted by Gasteiger charge is -2.33. The van der Waals surface area contributed by atoms with Crippen LogP contribution in [0.25, 0.3) is 20.4 Å². The highest BCUT2D eigenvalue weighted by atomic mass is 32.1. The number of anilines is 1. The number of nitrogens with one attached hydrogen (secondary N) is 1. The monoisotopic (exact) mass is 412 g/mol. The minimum atomic E-state index is -0.160. The van der Waals surface area contributed by atoms with Crippen molar-refractivity contribution in [2.75, 3.05) is 11.9 Å². The zero-order chi connectivity index (χ0) is 20.4. The lowest BCUT2D eigenvalue weighted by atomic mass is 9.88. The first-order chi connectivity index (χ1) is 14.0. The Labute approximate surface area is 177 Å². The van der Waals surface area contributed by atoms with E-state index in [-0.39, 0.29) is 5.60 Å². The van der Waals surface area contributed by atoms with Gasteiger partial charge in [-0.2, -0.15) is 0 Å². The van der Waals surface area contributed by atoms with Gasteiger partial charge in [0.15, 0.2) is 0 Å². The van der Waals surface area contributed by atoms with Gasteiger partial charge in [0.05, 0.1) is 22.4 Å². The molecule has 0 aliphatic carbocycles. The maximum absolute atomic E-state index is 6.14. The largest absolute Gasteiger partial charge is 0.370 e. The van der Waals surface area contributed by atoms with Crippen molar-refractivity contribution in [3.63, 3.8) is 0 Å². The molecule has 3 aromatic heterocycles. The number of thiophene rings is 1. The number of pyridine rings is 1. The predicted octanol–water partition coefficient (Wildman–Crippen LogP) is 6.04. The van der Waals surface area contributed by atoms with Crippen LogP contribution < -0.4 is 5.32 Å². The third-order valence-electron chi connectivity index (χ3n) is 5.72. The average molecular weight is 413 g/mol. The highest BCUT2D eigenvalue weighted by Gasteiger charge is 2.31. The van der Waals surface area contributed by atoms with Crippen LogP contribution in [0, 0.1) is 0 Å². The Morgan fingerprint density at radius 1 is 1.10 bits per heavy atom. The summed E-state index contributed by atoms with van der Waals surface area (Å²) in [6, 6.07) is 0. The molecule has 6 heteroatoms. The van der Waals surface area contributed by atoms with Crippen molar-refractivity contribution < 1.29 is 4.74 Å². The Bertz CT molecular complexity index is 1010. The van der Waals surface area contributed by atoms with E-state index in [1.165, 1.54) is 47.9 Å². The van der Waals surface area contributed by atoms with Gasteiger partial charge in [0.2, 0.25) is 0 Å². The topological polar surface area (TPSA) is 59.9 Å². The molecule has 1 N–H and O–H groups in total. The number of rotatable bonds is 8. The quantitative estimate of drug-likeness (QED) is 0.457. The van der Waals surface area contributed by atoms with E-state index in [1.807, 2.05) is 0 Å². The first-order valence-electron chi connectivity index (χ1n) is 11.0. The molecule has 3 aromatic rings. The van der Waals surface area contributed by atoms with Crippen molar-refractivity contribution in [3.05, 3.63) is 23.1 Å². The molecule has 5 nitrogen and oxygen atoms in total. The summed E-state index contributed by atoms with van der Waals surface area (Å²) in [6.07, 6.45) is 9.64. The summed E-state index contributed by atoms with van der Waals surface area (Å²) in [5.41, 5.74) is 4.74. The van der Waals surface area contributed by atoms with Crippen LogP contribution in [-0.2, 0) is 24.2 Å². The van der Waals surface area contributed by atoms with Crippen LogP contribution >= 0.6 is 11.3 Å². The maximum Gasteiger partial charge on any atom is 0.147 e. The number of aryl methyl sites for hydroxylation is 1. The standard InChI is InChI=1S/C23H32N4OS/c1-5-7-8-9-11-24-21-20-19(25-14-26-21)18-15-12-23(3,4)28-13-16(15)17(10-6-2)27-22(18)29-20/h14H,5-13H2,1-4H3,(H,24,25,26). The van der Waals surface area contributed by atoms with Crippen LogP contribution in [0.1, 0.15) is 76.6 Å². The molecule has 0 fully saturated rings. The third-order valence-corrected chi connectivity index (χ3v) is 6.80. The summed E-state index contributed by atoms with van der Waals surface area (Å²) in [4.78, 5) is 15.4. The molecule has 0 saturated heterocycles. The van der Waals surface area contributed by atoms with Gasteiger partial charge in [-0.1, -0.05) is 39.5 Å². The zero-order valence-corrected chi connectivity index (χ0v) is 18.9. The summed E-state index contributed by atoms with van der Waals surface area (Å²) in [7, 11) is 0. The van der Waals surface area contributed by atoms with E-state index in [4.69, 9.17) is 14.7 Å². The zero-order valence-electron chi connectivity index (χ0n) is 18.1. The Balaban J connectivity index is 1.79. The molecule has 0 bridgehead atoms. The summed E-state index contributed by atoms with van der Waals surface area (Å²) in [6.45, 7) is 10.4. The highest BCUT2D eigenvalue weighted by Crippen LogP contribution is 2.42. The van der Waals surface area contributed by atoms with Crippen molar-refractivity contribution in [2.45, 2.75) is 84.8 Å². The molecule has 0 spiro atoms. The number of fused-ring (bicyclic) bond motifs is 5. The smallest absolute Gasteiger partial charge is 0.147 e. The Hall–Kier alpha value is -1.79. The average Bonchev–Trinajstić information content (AvgIpc) is 3.06. The predicted molar refractivity (Wildman–Crippen MR) is 122 cm³/mol. The highest BCUT2D eigenvalue weighted by molar-refractivity contribution is 7.26. The van der Waals surface area contributed by atoms with Crippen LogP contribution in [-0.4, -0.2) is 27.1 Å². The van der Waals surface area contributed by atoms with Crippen LogP contribution in [0.5, 0.6) is 0 Å². The molecule has 156 valence electrons. The number of aromatic nitrogens is 3. The fourth-order valence-electron chi connectivity index (χ4n) is 4.20. The summed E-state index contributed by atoms with van der Waals surface area (Å²) in [5.74, 6) is 0.951. The molecule has 1 aliphatic heterocycles. The van der Waals surface area contributed by atoms with E-state index in [0.29, 0.717) is 6.61 Å². The van der Waals surface area contributed by atoms with Gasteiger partial charge >= 0.3 is 0 Å². The lowest BCUT2D eigenvalue weighted by Crippen LogP contribution is -2.32. The molecule has 0 saturated carbocycles. The second kappa shape index (κ2) is 8.52. The molecule has 0 aromatic carbocycles. The van der Waals surface area contributed by atoms with Crippen molar-refractivity contribution in [3.8, 4) is 0 Å². The number of unbranched alkanes of at least 4 members (excludes halogenated alkanes) is 3. The van der Waals surface area contributed by atoms with Crippen LogP contribution in [0.2, 0.25) is 0 Å². The number of nitrogens with zero attached hydrogens (tertiary/aromatic N) is 3. The molecule has 1 aliphatic rings. The summed E-state index contributed by atoms with van der Waals surface area (Å²) in [5, 5.41) is 4.77. The van der Waals surface area contributed by atoms with Gasteiger partial charge in [0, 0.05) is 29.6 Å². The summed E-state index contributed by atoms with van der Waals surface area (Å²) < 4.78 is 7.27. The molecule has 0 radical (unpaired) electrons. The molecule has 29 heavy (non-hydrogen) atoms. The first-order valence-corrected chi connectivity index (χ1v) is 11.8. The normalized spacial score (nSPS) is 15.7. The molecule has 0 amide bonds. The molecule has 4 heterocycles. The molecule has 0 unspecified atom stereocenters.